The maximum Gasteiger partial charge on any atom is 0.305 e. The van der Waals surface area contributed by atoms with E-state index in [2.05, 4.69) is 5.32 Å². The minimum absolute atomic E-state index is 0.0150. The molecule has 0 radical (unpaired) electrons. The summed E-state index contributed by atoms with van der Waals surface area (Å²) in [5.74, 6) is -0.956. The molecule has 4 N–H and O–H groups in total. The van der Waals surface area contributed by atoms with Gasteiger partial charge < -0.3 is 16.2 Å². The molecule has 0 atom stereocenters. The molecule has 0 aliphatic carbocycles. The number of amides is 1. The fourth-order valence-corrected chi connectivity index (χ4v) is 1.18. The van der Waals surface area contributed by atoms with Gasteiger partial charge in [-0.1, -0.05) is 12.8 Å². The first kappa shape index (κ1) is 13.9. The summed E-state index contributed by atoms with van der Waals surface area (Å²) in [5, 5.41) is 10.9. The van der Waals surface area contributed by atoms with Crippen molar-refractivity contribution < 1.29 is 14.7 Å². The molecule has 0 spiro atoms. The summed E-state index contributed by atoms with van der Waals surface area (Å²) in [4.78, 5) is 21.3. The summed E-state index contributed by atoms with van der Waals surface area (Å²) in [6.45, 7) is 0.918. The standard InChI is InChI=1S/C10H20N2O3/c11-7-4-2-1-3-5-9(13)12-8-6-10(14)15/h1-8,11H2,(H,12,13)(H,14,15). The third-order valence-electron chi connectivity index (χ3n) is 2.02. The predicted octanol–water partition coefficient (Wildman–Crippen LogP) is 0.487. The highest BCUT2D eigenvalue weighted by Crippen LogP contribution is 2.01. The van der Waals surface area contributed by atoms with Gasteiger partial charge in [0.15, 0.2) is 0 Å². The normalized spacial score (nSPS) is 9.93. The molecule has 0 aromatic carbocycles. The first-order valence-corrected chi connectivity index (χ1v) is 5.35. The van der Waals surface area contributed by atoms with Crippen LogP contribution in [-0.4, -0.2) is 30.1 Å². The predicted molar refractivity (Wildman–Crippen MR) is 57.4 cm³/mol. The molecule has 0 saturated carbocycles. The highest BCUT2D eigenvalue weighted by Gasteiger charge is 2.01. The molecule has 0 heterocycles. The molecule has 5 nitrogen and oxygen atoms in total. The van der Waals surface area contributed by atoms with Crippen LogP contribution < -0.4 is 11.1 Å². The molecule has 0 saturated heterocycles. The van der Waals surface area contributed by atoms with E-state index in [0.717, 1.165) is 25.7 Å². The van der Waals surface area contributed by atoms with Crippen LogP contribution in [0.25, 0.3) is 0 Å². The van der Waals surface area contributed by atoms with E-state index in [1.807, 2.05) is 0 Å². The lowest BCUT2D eigenvalue weighted by Crippen LogP contribution is -2.25. The smallest absolute Gasteiger partial charge is 0.305 e. The second kappa shape index (κ2) is 9.45. The van der Waals surface area contributed by atoms with Gasteiger partial charge >= 0.3 is 5.97 Å². The molecule has 0 aliphatic rings. The topological polar surface area (TPSA) is 92.4 Å². The van der Waals surface area contributed by atoms with Gasteiger partial charge in [-0.05, 0) is 19.4 Å². The molecular formula is C10H20N2O3. The number of aliphatic carboxylic acids is 1. The van der Waals surface area contributed by atoms with E-state index in [9.17, 15) is 9.59 Å². The molecule has 0 rings (SSSR count). The second-order valence-electron chi connectivity index (χ2n) is 3.45. The van der Waals surface area contributed by atoms with Crippen molar-refractivity contribution >= 4 is 11.9 Å². The third-order valence-corrected chi connectivity index (χ3v) is 2.02. The van der Waals surface area contributed by atoms with E-state index >= 15 is 0 Å². The van der Waals surface area contributed by atoms with Gasteiger partial charge in [-0.2, -0.15) is 0 Å². The Balaban J connectivity index is 3.22. The lowest BCUT2D eigenvalue weighted by Gasteiger charge is -2.03. The fraction of sp³-hybridized carbons (Fsp3) is 0.800. The molecule has 0 aromatic heterocycles. The highest BCUT2D eigenvalue weighted by molar-refractivity contribution is 5.76. The lowest BCUT2D eigenvalue weighted by atomic mass is 10.1. The van der Waals surface area contributed by atoms with Crippen LogP contribution in [0, 0.1) is 0 Å². The van der Waals surface area contributed by atoms with E-state index in [-0.39, 0.29) is 18.9 Å². The van der Waals surface area contributed by atoms with Gasteiger partial charge in [0.05, 0.1) is 6.42 Å². The van der Waals surface area contributed by atoms with Gasteiger partial charge in [0, 0.05) is 13.0 Å². The van der Waals surface area contributed by atoms with E-state index < -0.39 is 5.97 Å². The molecule has 15 heavy (non-hydrogen) atoms. The van der Waals surface area contributed by atoms with Crippen molar-refractivity contribution in [3.05, 3.63) is 0 Å². The van der Waals surface area contributed by atoms with Gasteiger partial charge in [0.25, 0.3) is 0 Å². The lowest BCUT2D eigenvalue weighted by molar-refractivity contribution is -0.136. The van der Waals surface area contributed by atoms with Crippen LogP contribution in [0.1, 0.15) is 38.5 Å². The first-order valence-electron chi connectivity index (χ1n) is 5.35. The van der Waals surface area contributed by atoms with Gasteiger partial charge in [0.2, 0.25) is 5.91 Å². The number of rotatable bonds is 9. The van der Waals surface area contributed by atoms with Crippen molar-refractivity contribution in [1.82, 2.24) is 5.32 Å². The van der Waals surface area contributed by atoms with Crippen LogP contribution in [0.3, 0.4) is 0 Å². The number of hydrogen-bond acceptors (Lipinski definition) is 3. The van der Waals surface area contributed by atoms with Crippen LogP contribution in [0.15, 0.2) is 0 Å². The Hall–Kier alpha value is -1.10. The van der Waals surface area contributed by atoms with Gasteiger partial charge in [-0.3, -0.25) is 9.59 Å². The van der Waals surface area contributed by atoms with Crippen molar-refractivity contribution in [3.8, 4) is 0 Å². The maximum atomic E-state index is 11.1. The Labute approximate surface area is 90.0 Å². The number of carboxylic acid groups (broad SMARTS) is 1. The Bertz CT molecular complexity index is 195. The summed E-state index contributed by atoms with van der Waals surface area (Å²) in [7, 11) is 0. The molecule has 1 amide bonds. The Morgan fingerprint density at radius 3 is 2.33 bits per heavy atom. The number of unbranched alkanes of at least 4 members (excludes halogenated alkanes) is 3. The van der Waals surface area contributed by atoms with Crippen molar-refractivity contribution in [2.24, 2.45) is 5.73 Å². The number of carbonyl (C=O) groups is 2. The van der Waals surface area contributed by atoms with Crippen LogP contribution in [0.2, 0.25) is 0 Å². The minimum atomic E-state index is -0.891. The summed E-state index contributed by atoms with van der Waals surface area (Å²) in [6, 6.07) is 0. The van der Waals surface area contributed by atoms with Crippen LogP contribution in [0.5, 0.6) is 0 Å². The van der Waals surface area contributed by atoms with Crippen molar-refractivity contribution in [1.29, 1.82) is 0 Å². The average molecular weight is 216 g/mol. The van der Waals surface area contributed by atoms with Gasteiger partial charge in [-0.15, -0.1) is 0 Å². The average Bonchev–Trinajstić information content (AvgIpc) is 2.17. The molecule has 88 valence electrons. The second-order valence-corrected chi connectivity index (χ2v) is 3.45. The third kappa shape index (κ3) is 10.8. The zero-order chi connectivity index (χ0) is 11.5. The Morgan fingerprint density at radius 2 is 1.73 bits per heavy atom. The van der Waals surface area contributed by atoms with Gasteiger partial charge in [0.1, 0.15) is 0 Å². The zero-order valence-electron chi connectivity index (χ0n) is 9.00. The van der Waals surface area contributed by atoms with E-state index in [1.165, 1.54) is 0 Å². The summed E-state index contributed by atoms with van der Waals surface area (Å²) in [5.41, 5.74) is 5.33. The van der Waals surface area contributed by atoms with Crippen molar-refractivity contribution in [3.63, 3.8) is 0 Å². The monoisotopic (exact) mass is 216 g/mol. The van der Waals surface area contributed by atoms with Crippen molar-refractivity contribution in [2.75, 3.05) is 13.1 Å². The highest BCUT2D eigenvalue weighted by atomic mass is 16.4. The number of carboxylic acids is 1. The number of hydrogen-bond donors (Lipinski definition) is 3. The Morgan fingerprint density at radius 1 is 1.07 bits per heavy atom. The van der Waals surface area contributed by atoms with Crippen LogP contribution in [-0.2, 0) is 9.59 Å². The number of nitrogens with one attached hydrogen (secondary N) is 1. The van der Waals surface area contributed by atoms with E-state index in [1.54, 1.807) is 0 Å². The SMILES string of the molecule is NCCCCCCC(=O)NCCC(=O)O. The first-order chi connectivity index (χ1) is 7.16. The summed E-state index contributed by atoms with van der Waals surface area (Å²) in [6.07, 6.45) is 4.37. The molecule has 0 bridgehead atoms. The summed E-state index contributed by atoms with van der Waals surface area (Å²) >= 11 is 0. The molecular weight excluding hydrogens is 196 g/mol. The van der Waals surface area contributed by atoms with E-state index in [0.29, 0.717) is 13.0 Å². The van der Waals surface area contributed by atoms with Crippen LogP contribution >= 0.6 is 0 Å². The van der Waals surface area contributed by atoms with Crippen molar-refractivity contribution in [2.45, 2.75) is 38.5 Å². The van der Waals surface area contributed by atoms with Crippen LogP contribution in [0.4, 0.5) is 0 Å². The fourth-order valence-electron chi connectivity index (χ4n) is 1.18. The quantitative estimate of drug-likeness (QED) is 0.489. The number of nitrogens with two attached hydrogens (primary N) is 1. The zero-order valence-corrected chi connectivity index (χ0v) is 9.00. The summed E-state index contributed by atoms with van der Waals surface area (Å²) < 4.78 is 0. The maximum absolute atomic E-state index is 11.1. The largest absolute Gasteiger partial charge is 0.481 e. The number of carbonyl (C=O) groups excluding carboxylic acids is 1. The Kier molecular flexibility index (Phi) is 8.76. The molecule has 0 fully saturated rings. The minimum Gasteiger partial charge on any atom is -0.481 e. The molecule has 0 aromatic rings. The molecule has 0 unspecified atom stereocenters. The molecule has 0 aliphatic heterocycles. The molecule has 5 heteroatoms. The van der Waals surface area contributed by atoms with E-state index in [4.69, 9.17) is 10.8 Å². The van der Waals surface area contributed by atoms with Gasteiger partial charge in [-0.25, -0.2) is 0 Å².